The summed E-state index contributed by atoms with van der Waals surface area (Å²) in [5.41, 5.74) is 6.03. The number of amides is 1. The first kappa shape index (κ1) is 16.4. The van der Waals surface area contributed by atoms with Crippen molar-refractivity contribution in [3.05, 3.63) is 0 Å². The lowest BCUT2D eigenvalue weighted by Crippen LogP contribution is -2.55. The van der Waals surface area contributed by atoms with Gasteiger partial charge in [0.25, 0.3) is 0 Å². The van der Waals surface area contributed by atoms with Gasteiger partial charge in [-0.05, 0) is 32.2 Å². The summed E-state index contributed by atoms with van der Waals surface area (Å²) < 4.78 is 0. The van der Waals surface area contributed by atoms with Crippen LogP contribution in [0.15, 0.2) is 0 Å². The molecule has 0 radical (unpaired) electrons. The van der Waals surface area contributed by atoms with Crippen LogP contribution in [0.5, 0.6) is 0 Å². The number of nitrogens with one attached hydrogen (secondary N) is 1. The van der Waals surface area contributed by atoms with E-state index >= 15 is 0 Å². The maximum Gasteiger partial charge on any atom is 0.234 e. The van der Waals surface area contributed by atoms with Gasteiger partial charge in [0.1, 0.15) is 0 Å². The summed E-state index contributed by atoms with van der Waals surface area (Å²) in [5.74, 6) is 0.758. The van der Waals surface area contributed by atoms with E-state index in [0.29, 0.717) is 19.0 Å². The molecule has 0 aromatic carbocycles. The van der Waals surface area contributed by atoms with Crippen molar-refractivity contribution in [2.75, 3.05) is 26.7 Å². The number of carbonyl (C=O) groups is 1. The van der Waals surface area contributed by atoms with E-state index < -0.39 is 0 Å². The van der Waals surface area contributed by atoms with Gasteiger partial charge < -0.3 is 11.1 Å². The Morgan fingerprint density at radius 1 is 1.32 bits per heavy atom. The van der Waals surface area contributed by atoms with E-state index in [4.69, 9.17) is 5.73 Å². The number of carbonyl (C=O) groups excluding carboxylic acids is 1. The van der Waals surface area contributed by atoms with Gasteiger partial charge in [-0.25, -0.2) is 0 Å². The normalized spacial score (nSPS) is 18.8. The maximum absolute atomic E-state index is 11.9. The first-order valence-corrected chi connectivity index (χ1v) is 7.68. The van der Waals surface area contributed by atoms with Crippen LogP contribution in [0.4, 0.5) is 0 Å². The van der Waals surface area contributed by atoms with Crippen LogP contribution in [-0.2, 0) is 4.79 Å². The second kappa shape index (κ2) is 7.85. The van der Waals surface area contributed by atoms with Crippen molar-refractivity contribution in [1.29, 1.82) is 0 Å². The van der Waals surface area contributed by atoms with Crippen molar-refractivity contribution >= 4 is 5.91 Å². The topological polar surface area (TPSA) is 58.4 Å². The van der Waals surface area contributed by atoms with Crippen LogP contribution in [-0.4, -0.2) is 43.0 Å². The molecule has 0 unspecified atom stereocenters. The summed E-state index contributed by atoms with van der Waals surface area (Å²) in [6.45, 7) is 6.24. The summed E-state index contributed by atoms with van der Waals surface area (Å²) in [6, 6.07) is 0. The maximum atomic E-state index is 11.9. The van der Waals surface area contributed by atoms with Crippen molar-refractivity contribution in [2.24, 2.45) is 11.7 Å². The highest BCUT2D eigenvalue weighted by atomic mass is 16.2. The second-order valence-electron chi connectivity index (χ2n) is 6.38. The molecule has 4 heteroatoms. The number of rotatable bonds is 7. The fraction of sp³-hybridized carbons (Fsp3) is 0.933. The molecule has 19 heavy (non-hydrogen) atoms. The molecule has 0 aromatic rings. The third-order valence-electron chi connectivity index (χ3n) is 4.40. The molecule has 0 aliphatic heterocycles. The van der Waals surface area contributed by atoms with E-state index in [9.17, 15) is 4.79 Å². The number of hydrogen-bond donors (Lipinski definition) is 2. The average molecular weight is 269 g/mol. The molecule has 1 aliphatic carbocycles. The molecule has 0 saturated heterocycles. The zero-order valence-electron chi connectivity index (χ0n) is 12.9. The molecule has 0 heterocycles. The molecule has 0 spiro atoms. The predicted molar refractivity (Wildman–Crippen MR) is 80.0 cm³/mol. The van der Waals surface area contributed by atoms with Gasteiger partial charge >= 0.3 is 0 Å². The smallest absolute Gasteiger partial charge is 0.234 e. The third-order valence-corrected chi connectivity index (χ3v) is 4.40. The highest BCUT2D eigenvalue weighted by molar-refractivity contribution is 5.78. The third kappa shape index (κ3) is 5.11. The molecular weight excluding hydrogens is 238 g/mol. The fourth-order valence-electron chi connectivity index (χ4n) is 2.89. The van der Waals surface area contributed by atoms with Crippen LogP contribution in [0.25, 0.3) is 0 Å². The molecule has 3 N–H and O–H groups in total. The Morgan fingerprint density at radius 3 is 2.47 bits per heavy atom. The lowest BCUT2D eigenvalue weighted by atomic mass is 9.80. The Balaban J connectivity index is 2.39. The van der Waals surface area contributed by atoms with Crippen molar-refractivity contribution in [1.82, 2.24) is 10.2 Å². The minimum Gasteiger partial charge on any atom is -0.355 e. The number of hydrogen-bond acceptors (Lipinski definition) is 3. The number of nitrogens with two attached hydrogens (primary N) is 1. The molecule has 112 valence electrons. The molecule has 1 saturated carbocycles. The molecule has 1 rings (SSSR count). The summed E-state index contributed by atoms with van der Waals surface area (Å²) in [6.07, 6.45) is 7.05. The summed E-state index contributed by atoms with van der Waals surface area (Å²) in [7, 11) is 2.04. The minimum atomic E-state index is 0.0492. The van der Waals surface area contributed by atoms with E-state index in [1.165, 1.54) is 19.3 Å². The number of nitrogens with zero attached hydrogens (tertiary/aromatic N) is 1. The lowest BCUT2D eigenvalue weighted by Gasteiger charge is -2.43. The van der Waals surface area contributed by atoms with Gasteiger partial charge in [0.2, 0.25) is 5.91 Å². The van der Waals surface area contributed by atoms with Gasteiger partial charge in [-0.1, -0.05) is 33.1 Å². The van der Waals surface area contributed by atoms with Crippen molar-refractivity contribution in [2.45, 2.75) is 57.9 Å². The van der Waals surface area contributed by atoms with Crippen LogP contribution >= 0.6 is 0 Å². The Morgan fingerprint density at radius 2 is 1.95 bits per heavy atom. The van der Waals surface area contributed by atoms with Crippen LogP contribution in [0, 0.1) is 5.92 Å². The first-order chi connectivity index (χ1) is 9.00. The molecular formula is C15H31N3O. The standard InChI is InChI=1S/C15H31N3O/c1-13(2)7-10-17-14(19)11-18(3)15(12-16)8-5-4-6-9-15/h13H,4-12,16H2,1-3H3,(H,17,19). The van der Waals surface area contributed by atoms with E-state index in [1.54, 1.807) is 0 Å². The van der Waals surface area contributed by atoms with Gasteiger partial charge in [-0.2, -0.15) is 0 Å². The van der Waals surface area contributed by atoms with Crippen molar-refractivity contribution in [3.8, 4) is 0 Å². The molecule has 0 bridgehead atoms. The molecule has 1 aliphatic rings. The molecule has 0 atom stereocenters. The SMILES string of the molecule is CC(C)CCNC(=O)CN(C)C1(CN)CCCCC1. The van der Waals surface area contributed by atoms with Crippen LogP contribution < -0.4 is 11.1 Å². The summed E-state index contributed by atoms with van der Waals surface area (Å²) in [4.78, 5) is 14.1. The molecule has 0 aromatic heterocycles. The van der Waals surface area contributed by atoms with Gasteiger partial charge in [0, 0.05) is 18.6 Å². The van der Waals surface area contributed by atoms with Gasteiger partial charge in [-0.3, -0.25) is 9.69 Å². The highest BCUT2D eigenvalue weighted by Gasteiger charge is 2.35. The van der Waals surface area contributed by atoms with Crippen molar-refractivity contribution < 1.29 is 4.79 Å². The van der Waals surface area contributed by atoms with Crippen molar-refractivity contribution in [3.63, 3.8) is 0 Å². The highest BCUT2D eigenvalue weighted by Crippen LogP contribution is 2.31. The molecule has 1 amide bonds. The lowest BCUT2D eigenvalue weighted by molar-refractivity contribution is -0.123. The van der Waals surface area contributed by atoms with E-state index in [0.717, 1.165) is 25.8 Å². The van der Waals surface area contributed by atoms with E-state index in [1.807, 2.05) is 7.05 Å². The Bertz CT molecular complexity index is 273. The van der Waals surface area contributed by atoms with Crippen LogP contribution in [0.2, 0.25) is 0 Å². The zero-order chi connectivity index (χ0) is 14.3. The first-order valence-electron chi connectivity index (χ1n) is 7.68. The zero-order valence-corrected chi connectivity index (χ0v) is 12.9. The fourth-order valence-corrected chi connectivity index (χ4v) is 2.89. The van der Waals surface area contributed by atoms with E-state index in [2.05, 4.69) is 24.1 Å². The Kier molecular flexibility index (Phi) is 6.80. The average Bonchev–Trinajstić information content (AvgIpc) is 2.39. The quantitative estimate of drug-likeness (QED) is 0.740. The van der Waals surface area contributed by atoms with Crippen LogP contribution in [0.3, 0.4) is 0 Å². The van der Waals surface area contributed by atoms with Crippen LogP contribution in [0.1, 0.15) is 52.4 Å². The van der Waals surface area contributed by atoms with Gasteiger partial charge in [0.15, 0.2) is 0 Å². The second-order valence-corrected chi connectivity index (χ2v) is 6.38. The monoisotopic (exact) mass is 269 g/mol. The summed E-state index contributed by atoms with van der Waals surface area (Å²) in [5, 5.41) is 3.00. The van der Waals surface area contributed by atoms with E-state index in [-0.39, 0.29) is 11.4 Å². The Labute approximate surface area is 118 Å². The Hall–Kier alpha value is -0.610. The predicted octanol–water partition coefficient (Wildman–Crippen LogP) is 1.74. The molecule has 1 fully saturated rings. The van der Waals surface area contributed by atoms with Gasteiger partial charge in [-0.15, -0.1) is 0 Å². The van der Waals surface area contributed by atoms with Gasteiger partial charge in [0.05, 0.1) is 6.54 Å². The number of likely N-dealkylation sites (N-methyl/N-ethyl adjacent to an activating group) is 1. The molecule has 4 nitrogen and oxygen atoms in total. The largest absolute Gasteiger partial charge is 0.355 e. The minimum absolute atomic E-state index is 0.0492. The summed E-state index contributed by atoms with van der Waals surface area (Å²) >= 11 is 0.